The van der Waals surface area contributed by atoms with Crippen LogP contribution < -0.4 is 10.1 Å². The quantitative estimate of drug-likeness (QED) is 0.800. The molecule has 23 heavy (non-hydrogen) atoms. The van der Waals surface area contributed by atoms with Crippen LogP contribution in [0.3, 0.4) is 0 Å². The second-order valence-electron chi connectivity index (χ2n) is 5.60. The minimum Gasteiger partial charge on any atom is -0.474 e. The largest absolute Gasteiger partial charge is 0.474 e. The van der Waals surface area contributed by atoms with Crippen LogP contribution >= 0.6 is 11.5 Å². The topological polar surface area (TPSA) is 69.2 Å². The highest BCUT2D eigenvalue weighted by atomic mass is 32.1. The highest BCUT2D eigenvalue weighted by Crippen LogP contribution is 2.25. The lowest BCUT2D eigenvalue weighted by Crippen LogP contribution is -2.14. The Morgan fingerprint density at radius 1 is 1.35 bits per heavy atom. The number of methoxy groups -OCH3 is 1. The lowest BCUT2D eigenvalue weighted by Gasteiger charge is -2.15. The van der Waals surface area contributed by atoms with Crippen LogP contribution in [0.4, 0.5) is 5.13 Å². The summed E-state index contributed by atoms with van der Waals surface area (Å²) in [6.45, 7) is 1.27. The van der Waals surface area contributed by atoms with Crippen molar-refractivity contribution in [2.24, 2.45) is 0 Å². The molecule has 7 heteroatoms. The molecule has 0 unspecified atom stereocenters. The van der Waals surface area contributed by atoms with E-state index in [-0.39, 0.29) is 0 Å². The lowest BCUT2D eigenvalue weighted by atomic mass is 10.2. The van der Waals surface area contributed by atoms with E-state index in [4.69, 9.17) is 9.47 Å². The zero-order valence-electron chi connectivity index (χ0n) is 13.3. The summed E-state index contributed by atoms with van der Waals surface area (Å²) < 4.78 is 15.4. The van der Waals surface area contributed by atoms with E-state index in [1.165, 1.54) is 24.4 Å². The Bertz CT molecular complexity index is 614. The molecular formula is C16H22N4O2S. The van der Waals surface area contributed by atoms with Crippen LogP contribution in [-0.4, -0.2) is 34.2 Å². The first-order valence-electron chi connectivity index (χ1n) is 8.01. The summed E-state index contributed by atoms with van der Waals surface area (Å²) in [5.41, 5.74) is 1.05. The second kappa shape index (κ2) is 8.21. The highest BCUT2D eigenvalue weighted by molar-refractivity contribution is 7.09. The molecule has 0 aliphatic heterocycles. The number of pyridine rings is 1. The van der Waals surface area contributed by atoms with E-state index in [2.05, 4.69) is 19.7 Å². The van der Waals surface area contributed by atoms with Crippen LogP contribution in [0.25, 0.3) is 0 Å². The highest BCUT2D eigenvalue weighted by Gasteiger charge is 2.18. The van der Waals surface area contributed by atoms with Crippen molar-refractivity contribution < 1.29 is 9.47 Å². The van der Waals surface area contributed by atoms with Crippen molar-refractivity contribution in [2.75, 3.05) is 19.0 Å². The van der Waals surface area contributed by atoms with Crippen molar-refractivity contribution >= 4 is 16.7 Å². The van der Waals surface area contributed by atoms with Crippen LogP contribution in [-0.2, 0) is 17.7 Å². The molecule has 1 aliphatic rings. The van der Waals surface area contributed by atoms with Gasteiger partial charge in [-0.05, 0) is 31.7 Å². The molecular weight excluding hydrogens is 312 g/mol. The Hall–Kier alpha value is -1.73. The third-order valence-electron chi connectivity index (χ3n) is 3.86. The van der Waals surface area contributed by atoms with Gasteiger partial charge in [-0.15, -0.1) is 0 Å². The van der Waals surface area contributed by atoms with Gasteiger partial charge >= 0.3 is 0 Å². The van der Waals surface area contributed by atoms with E-state index in [0.717, 1.165) is 41.7 Å². The third kappa shape index (κ3) is 4.62. The van der Waals surface area contributed by atoms with Gasteiger partial charge in [-0.1, -0.05) is 6.07 Å². The Labute approximate surface area is 140 Å². The van der Waals surface area contributed by atoms with Gasteiger partial charge in [0.25, 0.3) is 0 Å². The summed E-state index contributed by atoms with van der Waals surface area (Å²) in [7, 11) is 1.68. The van der Waals surface area contributed by atoms with Gasteiger partial charge in [0.15, 0.2) is 0 Å². The summed E-state index contributed by atoms with van der Waals surface area (Å²) in [5.74, 6) is 1.55. The Morgan fingerprint density at radius 3 is 3.04 bits per heavy atom. The fourth-order valence-corrected chi connectivity index (χ4v) is 3.23. The van der Waals surface area contributed by atoms with Crippen molar-refractivity contribution in [1.29, 1.82) is 0 Å². The zero-order chi connectivity index (χ0) is 15.9. The molecule has 1 fully saturated rings. The lowest BCUT2D eigenvalue weighted by molar-refractivity contribution is 0.199. The van der Waals surface area contributed by atoms with E-state index < -0.39 is 0 Å². The number of ether oxygens (including phenoxy) is 2. The monoisotopic (exact) mass is 334 g/mol. The van der Waals surface area contributed by atoms with E-state index in [1.807, 2.05) is 12.1 Å². The van der Waals surface area contributed by atoms with Gasteiger partial charge in [-0.2, -0.15) is 4.37 Å². The number of hydrogen-bond acceptors (Lipinski definition) is 7. The molecule has 0 aromatic carbocycles. The Balaban J connectivity index is 1.58. The molecule has 0 amide bonds. The van der Waals surface area contributed by atoms with Gasteiger partial charge < -0.3 is 14.8 Å². The number of aromatic nitrogens is 3. The maximum absolute atomic E-state index is 6.05. The van der Waals surface area contributed by atoms with Gasteiger partial charge in [-0.3, -0.25) is 0 Å². The SMILES string of the molecule is COCCc1nsc(NCc2cccnc2OC2CCCC2)n1. The molecule has 124 valence electrons. The standard InChI is InChI=1S/C16H22N4O2S/c1-21-10-8-14-19-16(23-20-14)18-11-12-5-4-9-17-15(12)22-13-6-2-3-7-13/h4-5,9,13H,2-3,6-8,10-11H2,1H3,(H,18,19,20). The predicted molar refractivity (Wildman–Crippen MR) is 89.9 cm³/mol. The predicted octanol–water partition coefficient (Wildman–Crippen LogP) is 3.06. The summed E-state index contributed by atoms with van der Waals surface area (Å²) >= 11 is 1.37. The molecule has 0 saturated heterocycles. The smallest absolute Gasteiger partial charge is 0.218 e. The fourth-order valence-electron chi connectivity index (χ4n) is 2.62. The molecule has 1 aliphatic carbocycles. The molecule has 3 rings (SSSR count). The molecule has 0 bridgehead atoms. The van der Waals surface area contributed by atoms with Crippen LogP contribution in [0.5, 0.6) is 5.88 Å². The molecule has 0 radical (unpaired) electrons. The molecule has 0 spiro atoms. The molecule has 6 nitrogen and oxygen atoms in total. The fraction of sp³-hybridized carbons (Fsp3) is 0.562. The number of nitrogens with zero attached hydrogens (tertiary/aromatic N) is 3. The zero-order valence-corrected chi connectivity index (χ0v) is 14.1. The van der Waals surface area contributed by atoms with E-state index in [0.29, 0.717) is 19.3 Å². The Morgan fingerprint density at radius 2 is 2.22 bits per heavy atom. The molecule has 0 atom stereocenters. The van der Waals surface area contributed by atoms with E-state index >= 15 is 0 Å². The first-order valence-corrected chi connectivity index (χ1v) is 8.78. The van der Waals surface area contributed by atoms with Crippen LogP contribution in [0.15, 0.2) is 18.3 Å². The minimum atomic E-state index is 0.311. The second-order valence-corrected chi connectivity index (χ2v) is 6.36. The van der Waals surface area contributed by atoms with E-state index in [1.54, 1.807) is 13.3 Å². The van der Waals surface area contributed by atoms with Gasteiger partial charge in [0.2, 0.25) is 11.0 Å². The number of nitrogens with one attached hydrogen (secondary N) is 1. The maximum Gasteiger partial charge on any atom is 0.218 e. The molecule has 2 heterocycles. The van der Waals surface area contributed by atoms with Crippen LogP contribution in [0, 0.1) is 0 Å². The van der Waals surface area contributed by atoms with Crippen molar-refractivity contribution in [3.63, 3.8) is 0 Å². The first kappa shape index (κ1) is 16.1. The molecule has 2 aromatic heterocycles. The summed E-state index contributed by atoms with van der Waals surface area (Å²) in [6.07, 6.45) is 7.58. The maximum atomic E-state index is 6.05. The van der Waals surface area contributed by atoms with Crippen molar-refractivity contribution in [3.8, 4) is 5.88 Å². The van der Waals surface area contributed by atoms with Crippen molar-refractivity contribution in [1.82, 2.24) is 14.3 Å². The van der Waals surface area contributed by atoms with Gasteiger partial charge in [-0.25, -0.2) is 9.97 Å². The van der Waals surface area contributed by atoms with Gasteiger partial charge in [0.1, 0.15) is 11.9 Å². The summed E-state index contributed by atoms with van der Waals surface area (Å²) in [6, 6.07) is 3.97. The van der Waals surface area contributed by atoms with Gasteiger partial charge in [0.05, 0.1) is 6.61 Å². The first-order chi connectivity index (χ1) is 11.3. The van der Waals surface area contributed by atoms with Crippen molar-refractivity contribution in [2.45, 2.75) is 44.8 Å². The third-order valence-corrected chi connectivity index (χ3v) is 4.57. The minimum absolute atomic E-state index is 0.311. The normalized spacial score (nSPS) is 15.0. The average Bonchev–Trinajstić information content (AvgIpc) is 3.24. The number of anilines is 1. The molecule has 1 saturated carbocycles. The van der Waals surface area contributed by atoms with Gasteiger partial charge in [0, 0.05) is 43.4 Å². The number of rotatable bonds is 8. The summed E-state index contributed by atoms with van der Waals surface area (Å²) in [5, 5.41) is 4.12. The molecule has 1 N–H and O–H groups in total. The van der Waals surface area contributed by atoms with E-state index in [9.17, 15) is 0 Å². The number of hydrogen-bond donors (Lipinski definition) is 1. The molecule has 2 aromatic rings. The Kier molecular flexibility index (Phi) is 5.76. The summed E-state index contributed by atoms with van der Waals surface area (Å²) in [4.78, 5) is 8.84. The van der Waals surface area contributed by atoms with Crippen molar-refractivity contribution in [3.05, 3.63) is 29.7 Å². The van der Waals surface area contributed by atoms with Crippen LogP contribution in [0.1, 0.15) is 37.1 Å². The average molecular weight is 334 g/mol. The van der Waals surface area contributed by atoms with Crippen LogP contribution in [0.2, 0.25) is 0 Å².